The third-order valence-corrected chi connectivity index (χ3v) is 3.49. The fourth-order valence-electron chi connectivity index (χ4n) is 1.87. The van der Waals surface area contributed by atoms with Crippen molar-refractivity contribution >= 4 is 11.6 Å². The van der Waals surface area contributed by atoms with Gasteiger partial charge in [-0.15, -0.1) is 6.42 Å². The number of hydrogen-bond donors (Lipinski definition) is 0. The lowest BCUT2D eigenvalue weighted by molar-refractivity contribution is 0.369. The Labute approximate surface area is 122 Å². The summed E-state index contributed by atoms with van der Waals surface area (Å²) in [6.45, 7) is 5.77. The Bertz CT molecular complexity index is 701. The number of aryl methyl sites for hydroxylation is 1. The Morgan fingerprint density at radius 1 is 1.40 bits per heavy atom. The lowest BCUT2D eigenvalue weighted by Gasteiger charge is -2.11. The first-order chi connectivity index (χ1) is 9.45. The summed E-state index contributed by atoms with van der Waals surface area (Å²) < 4.78 is 21.0. The van der Waals surface area contributed by atoms with Gasteiger partial charge in [-0.2, -0.15) is 5.10 Å². The number of hydrogen-bond acceptors (Lipinski definition) is 2. The molecule has 0 fully saturated rings. The van der Waals surface area contributed by atoms with Gasteiger partial charge in [-0.1, -0.05) is 17.5 Å². The van der Waals surface area contributed by atoms with Crippen molar-refractivity contribution in [3.8, 4) is 23.8 Å². The maximum atomic E-state index is 14.1. The molecule has 20 heavy (non-hydrogen) atoms. The van der Waals surface area contributed by atoms with Gasteiger partial charge in [0.15, 0.2) is 5.82 Å². The van der Waals surface area contributed by atoms with Crippen LogP contribution in [0.2, 0.25) is 5.02 Å². The van der Waals surface area contributed by atoms with Crippen molar-refractivity contribution in [2.24, 2.45) is 0 Å². The molecule has 0 atom stereocenters. The van der Waals surface area contributed by atoms with E-state index in [4.69, 9.17) is 22.8 Å². The first-order valence-electron chi connectivity index (χ1n) is 6.04. The van der Waals surface area contributed by atoms with Gasteiger partial charge in [-0.05, 0) is 32.4 Å². The molecule has 2 rings (SSSR count). The molecule has 1 aromatic heterocycles. The van der Waals surface area contributed by atoms with Gasteiger partial charge in [0.2, 0.25) is 0 Å². The van der Waals surface area contributed by atoms with Crippen molar-refractivity contribution in [3.63, 3.8) is 0 Å². The van der Waals surface area contributed by atoms with Crippen LogP contribution in [-0.4, -0.2) is 16.4 Å². The zero-order valence-electron chi connectivity index (χ0n) is 11.5. The number of halogens is 2. The Kier molecular flexibility index (Phi) is 4.01. The first-order valence-corrected chi connectivity index (χ1v) is 6.42. The van der Waals surface area contributed by atoms with E-state index >= 15 is 0 Å². The van der Waals surface area contributed by atoms with Gasteiger partial charge >= 0.3 is 0 Å². The molecule has 0 amide bonds. The molecule has 1 aromatic carbocycles. The van der Waals surface area contributed by atoms with Gasteiger partial charge in [-0.25, -0.2) is 9.07 Å². The van der Waals surface area contributed by atoms with E-state index in [2.05, 4.69) is 11.0 Å². The van der Waals surface area contributed by atoms with E-state index in [1.165, 1.54) is 12.1 Å². The molecule has 0 aliphatic heterocycles. The molecule has 0 spiro atoms. The minimum absolute atomic E-state index is 0.0704. The zero-order chi connectivity index (χ0) is 14.9. The standard InChI is InChI=1S/C15H14ClFN2O/c1-5-6-20-15-8-14(13(17)7-12(15)16)19-11(4)9(2)10(3)18-19/h1,7-8H,6H2,2-4H3. The molecule has 0 radical (unpaired) electrons. The summed E-state index contributed by atoms with van der Waals surface area (Å²) in [6.07, 6.45) is 5.14. The summed E-state index contributed by atoms with van der Waals surface area (Å²) in [4.78, 5) is 0. The number of benzene rings is 1. The molecule has 0 aliphatic rings. The maximum absolute atomic E-state index is 14.1. The van der Waals surface area contributed by atoms with Gasteiger partial charge in [0.25, 0.3) is 0 Å². The van der Waals surface area contributed by atoms with Crippen molar-refractivity contribution < 1.29 is 9.13 Å². The fourth-order valence-corrected chi connectivity index (χ4v) is 2.07. The third-order valence-electron chi connectivity index (χ3n) is 3.19. The molecule has 0 aliphatic carbocycles. The van der Waals surface area contributed by atoms with E-state index in [1.807, 2.05) is 20.8 Å². The molecule has 5 heteroatoms. The molecule has 0 saturated heterocycles. The van der Waals surface area contributed by atoms with Crippen LogP contribution in [0.5, 0.6) is 5.75 Å². The number of aromatic nitrogens is 2. The smallest absolute Gasteiger partial charge is 0.150 e. The lowest BCUT2D eigenvalue weighted by atomic mass is 10.2. The predicted octanol–water partition coefficient (Wildman–Crippen LogP) is 3.60. The monoisotopic (exact) mass is 292 g/mol. The van der Waals surface area contributed by atoms with Crippen molar-refractivity contribution in [1.29, 1.82) is 0 Å². The van der Waals surface area contributed by atoms with Gasteiger partial charge in [0, 0.05) is 11.8 Å². The number of terminal acetylenes is 1. The van der Waals surface area contributed by atoms with Gasteiger partial charge in [0.1, 0.15) is 18.0 Å². The number of ether oxygens (including phenoxy) is 1. The van der Waals surface area contributed by atoms with Crippen LogP contribution < -0.4 is 4.74 Å². The SMILES string of the molecule is C#CCOc1cc(-n2nc(C)c(C)c2C)c(F)cc1Cl. The summed E-state index contributed by atoms with van der Waals surface area (Å²) in [7, 11) is 0. The minimum atomic E-state index is -0.464. The van der Waals surface area contributed by atoms with E-state index in [0.717, 1.165) is 17.0 Å². The van der Waals surface area contributed by atoms with Crippen molar-refractivity contribution in [2.45, 2.75) is 20.8 Å². The van der Waals surface area contributed by atoms with E-state index < -0.39 is 5.82 Å². The number of nitrogens with zero attached hydrogens (tertiary/aromatic N) is 2. The Balaban J connectivity index is 2.56. The molecule has 0 bridgehead atoms. The Morgan fingerprint density at radius 3 is 2.65 bits per heavy atom. The maximum Gasteiger partial charge on any atom is 0.150 e. The molecule has 0 N–H and O–H groups in total. The second kappa shape index (κ2) is 5.56. The van der Waals surface area contributed by atoms with E-state index in [0.29, 0.717) is 5.75 Å². The van der Waals surface area contributed by atoms with Crippen LogP contribution >= 0.6 is 11.6 Å². The average molecular weight is 293 g/mol. The fraction of sp³-hybridized carbons (Fsp3) is 0.267. The van der Waals surface area contributed by atoms with Gasteiger partial charge < -0.3 is 4.74 Å². The largest absolute Gasteiger partial charge is 0.479 e. The summed E-state index contributed by atoms with van der Waals surface area (Å²) in [5.41, 5.74) is 3.02. The zero-order valence-corrected chi connectivity index (χ0v) is 12.3. The highest BCUT2D eigenvalue weighted by Gasteiger charge is 2.16. The van der Waals surface area contributed by atoms with Crippen LogP contribution in [0.1, 0.15) is 17.0 Å². The topological polar surface area (TPSA) is 27.1 Å². The summed E-state index contributed by atoms with van der Waals surface area (Å²) in [5, 5.41) is 4.51. The summed E-state index contributed by atoms with van der Waals surface area (Å²) in [6, 6.07) is 2.71. The van der Waals surface area contributed by atoms with E-state index in [9.17, 15) is 4.39 Å². The van der Waals surface area contributed by atoms with Crippen LogP contribution in [0.15, 0.2) is 12.1 Å². The predicted molar refractivity (Wildman–Crippen MR) is 77.1 cm³/mol. The van der Waals surface area contributed by atoms with Crippen LogP contribution in [0.25, 0.3) is 5.69 Å². The van der Waals surface area contributed by atoms with Crippen LogP contribution in [0.4, 0.5) is 4.39 Å². The highest BCUT2D eigenvalue weighted by atomic mass is 35.5. The molecule has 0 saturated carbocycles. The summed E-state index contributed by atoms with van der Waals surface area (Å²) >= 11 is 5.94. The van der Waals surface area contributed by atoms with Crippen molar-refractivity contribution in [1.82, 2.24) is 9.78 Å². The minimum Gasteiger partial charge on any atom is -0.479 e. The van der Waals surface area contributed by atoms with Crippen LogP contribution in [-0.2, 0) is 0 Å². The lowest BCUT2D eigenvalue weighted by Crippen LogP contribution is -2.04. The van der Waals surface area contributed by atoms with E-state index in [-0.39, 0.29) is 17.3 Å². The Morgan fingerprint density at radius 2 is 2.10 bits per heavy atom. The second-order valence-corrected chi connectivity index (χ2v) is 4.84. The van der Waals surface area contributed by atoms with E-state index in [1.54, 1.807) is 4.68 Å². The van der Waals surface area contributed by atoms with Crippen molar-refractivity contribution in [3.05, 3.63) is 39.9 Å². The molecular formula is C15H14ClFN2O. The first kappa shape index (κ1) is 14.4. The van der Waals surface area contributed by atoms with Gasteiger partial charge in [-0.3, -0.25) is 0 Å². The third kappa shape index (κ3) is 2.50. The average Bonchev–Trinajstić information content (AvgIpc) is 2.66. The molecule has 1 heterocycles. The quantitative estimate of drug-likeness (QED) is 0.808. The van der Waals surface area contributed by atoms with Gasteiger partial charge in [0.05, 0.1) is 10.7 Å². The highest BCUT2D eigenvalue weighted by Crippen LogP contribution is 2.30. The number of rotatable bonds is 3. The molecule has 2 aromatic rings. The molecule has 3 nitrogen and oxygen atoms in total. The highest BCUT2D eigenvalue weighted by molar-refractivity contribution is 6.32. The second-order valence-electron chi connectivity index (χ2n) is 4.43. The molecule has 0 unspecified atom stereocenters. The Hall–Kier alpha value is -1.99. The summed E-state index contributed by atoms with van der Waals surface area (Å²) in [5.74, 6) is 2.22. The molecule has 104 valence electrons. The molecular weight excluding hydrogens is 279 g/mol. The van der Waals surface area contributed by atoms with Crippen LogP contribution in [0, 0.1) is 38.9 Å². The normalized spacial score (nSPS) is 10.4. The van der Waals surface area contributed by atoms with Crippen molar-refractivity contribution in [2.75, 3.05) is 6.61 Å². The van der Waals surface area contributed by atoms with Crippen LogP contribution in [0.3, 0.4) is 0 Å².